The average Bonchev–Trinajstić information content (AvgIpc) is 2.89. The van der Waals surface area contributed by atoms with Crippen LogP contribution in [0, 0.1) is 12.8 Å². The molecule has 114 valence electrons. The third-order valence-corrected chi connectivity index (χ3v) is 4.97. The number of hydrogen-bond acceptors (Lipinski definition) is 4. The van der Waals surface area contributed by atoms with Crippen LogP contribution in [-0.2, 0) is 0 Å². The van der Waals surface area contributed by atoms with Gasteiger partial charge in [-0.3, -0.25) is 0 Å². The Bertz CT molecular complexity index is 688. The van der Waals surface area contributed by atoms with Gasteiger partial charge >= 0.3 is 0 Å². The molecule has 0 amide bonds. The minimum absolute atomic E-state index is 0.160. The van der Waals surface area contributed by atoms with Gasteiger partial charge < -0.3 is 19.9 Å². The number of aliphatic hydroxyl groups excluding tert-OH is 3. The largest absolute Gasteiger partial charge is 0.396 e. The van der Waals surface area contributed by atoms with E-state index in [1.165, 1.54) is 0 Å². The summed E-state index contributed by atoms with van der Waals surface area (Å²) in [6.07, 6.45) is -1.42. The zero-order valence-electron chi connectivity index (χ0n) is 11.4. The molecule has 1 saturated carbocycles. The van der Waals surface area contributed by atoms with Gasteiger partial charge in [0.2, 0.25) is 0 Å². The Morgan fingerprint density at radius 3 is 2.52 bits per heavy atom. The van der Waals surface area contributed by atoms with Gasteiger partial charge in [0.25, 0.3) is 0 Å². The highest BCUT2D eigenvalue weighted by atomic mass is 35.5. The van der Waals surface area contributed by atoms with Crippen molar-refractivity contribution in [2.75, 3.05) is 6.61 Å². The molecule has 1 aliphatic carbocycles. The van der Waals surface area contributed by atoms with Crippen molar-refractivity contribution in [3.63, 3.8) is 0 Å². The van der Waals surface area contributed by atoms with Gasteiger partial charge in [-0.05, 0) is 25.5 Å². The van der Waals surface area contributed by atoms with Gasteiger partial charge in [-0.15, -0.1) is 0 Å². The number of hydrogen-bond donors (Lipinski definition) is 3. The molecule has 5 nitrogen and oxygen atoms in total. The van der Waals surface area contributed by atoms with E-state index < -0.39 is 12.2 Å². The summed E-state index contributed by atoms with van der Waals surface area (Å²) in [5.41, 5.74) is 1.45. The Labute approximate surface area is 131 Å². The Kier molecular flexibility index (Phi) is 3.88. The lowest BCUT2D eigenvalue weighted by atomic mass is 10.1. The molecule has 1 heterocycles. The van der Waals surface area contributed by atoms with Crippen LogP contribution in [-0.4, -0.2) is 43.7 Å². The topological polar surface area (TPSA) is 78.5 Å². The molecule has 1 aromatic carbocycles. The van der Waals surface area contributed by atoms with Crippen molar-refractivity contribution >= 4 is 34.2 Å². The van der Waals surface area contributed by atoms with Gasteiger partial charge in [0, 0.05) is 12.5 Å². The Hall–Kier alpha value is -0.850. The smallest absolute Gasteiger partial charge is 0.107 e. The number of aliphatic hydroxyl groups is 3. The number of aromatic nitrogens is 2. The van der Waals surface area contributed by atoms with Crippen LogP contribution in [0.1, 0.15) is 18.3 Å². The lowest BCUT2D eigenvalue weighted by molar-refractivity contribution is -0.00383. The van der Waals surface area contributed by atoms with Crippen molar-refractivity contribution in [3.8, 4) is 0 Å². The molecule has 3 rings (SSSR count). The number of nitrogens with zero attached hydrogens (tertiary/aromatic N) is 2. The van der Waals surface area contributed by atoms with Crippen LogP contribution in [0.25, 0.3) is 11.0 Å². The Morgan fingerprint density at radius 1 is 1.24 bits per heavy atom. The molecule has 7 heteroatoms. The van der Waals surface area contributed by atoms with E-state index in [9.17, 15) is 15.3 Å². The molecule has 1 aromatic heterocycles. The fourth-order valence-corrected chi connectivity index (χ4v) is 3.48. The molecule has 4 atom stereocenters. The predicted octanol–water partition coefficient (Wildman–Crippen LogP) is 1.93. The molecule has 1 fully saturated rings. The minimum Gasteiger partial charge on any atom is -0.396 e. The SMILES string of the molecule is Cc1nc2cc(Cl)c(Cl)cc2n1[C@H]1C[C@@H](CO)[C@H](O)[C@@H]1O. The summed E-state index contributed by atoms with van der Waals surface area (Å²) < 4.78 is 1.86. The van der Waals surface area contributed by atoms with E-state index in [-0.39, 0.29) is 18.6 Å². The van der Waals surface area contributed by atoms with Crippen molar-refractivity contribution in [1.82, 2.24) is 9.55 Å². The molecule has 3 N–H and O–H groups in total. The predicted molar refractivity (Wildman–Crippen MR) is 80.7 cm³/mol. The number of aryl methyl sites for hydroxylation is 1. The normalized spacial score (nSPS) is 29.4. The Balaban J connectivity index is 2.12. The van der Waals surface area contributed by atoms with Crippen molar-refractivity contribution < 1.29 is 15.3 Å². The number of imidazole rings is 1. The van der Waals surface area contributed by atoms with Crippen LogP contribution in [0.15, 0.2) is 12.1 Å². The lowest BCUT2D eigenvalue weighted by Crippen LogP contribution is -2.30. The standard InChI is InChI=1S/C14H16Cl2N2O3/c1-6-17-10-3-8(15)9(16)4-11(10)18(6)12-2-7(5-19)13(20)14(12)21/h3-4,7,12-14,19-21H,2,5H2,1H3/t7-,12-,13-,14+/m0/s1. The monoisotopic (exact) mass is 330 g/mol. The summed E-state index contributed by atoms with van der Waals surface area (Å²) in [5.74, 6) is 0.364. The summed E-state index contributed by atoms with van der Waals surface area (Å²) in [6, 6.07) is 3.05. The molecule has 0 radical (unpaired) electrons. The quantitative estimate of drug-likeness (QED) is 0.786. The fraction of sp³-hybridized carbons (Fsp3) is 0.500. The lowest BCUT2D eigenvalue weighted by Gasteiger charge is -2.20. The molecule has 2 aromatic rings. The van der Waals surface area contributed by atoms with Crippen molar-refractivity contribution in [2.45, 2.75) is 31.6 Å². The van der Waals surface area contributed by atoms with E-state index in [4.69, 9.17) is 23.2 Å². The molecule has 1 aliphatic rings. The van der Waals surface area contributed by atoms with Gasteiger partial charge in [-0.1, -0.05) is 23.2 Å². The minimum atomic E-state index is -0.951. The number of rotatable bonds is 2. The maximum Gasteiger partial charge on any atom is 0.107 e. The second kappa shape index (κ2) is 5.41. The van der Waals surface area contributed by atoms with Crippen LogP contribution in [0.5, 0.6) is 0 Å². The highest BCUT2D eigenvalue weighted by Crippen LogP contribution is 2.39. The van der Waals surface area contributed by atoms with Crippen molar-refractivity contribution in [3.05, 3.63) is 28.0 Å². The first kappa shape index (κ1) is 15.1. The highest BCUT2D eigenvalue weighted by molar-refractivity contribution is 6.42. The maximum atomic E-state index is 10.3. The first-order valence-corrected chi connectivity index (χ1v) is 7.50. The van der Waals surface area contributed by atoms with Gasteiger partial charge in [-0.25, -0.2) is 4.98 Å². The molecule has 0 bridgehead atoms. The third-order valence-electron chi connectivity index (χ3n) is 4.25. The summed E-state index contributed by atoms with van der Waals surface area (Å²) in [6.45, 7) is 1.67. The zero-order valence-corrected chi connectivity index (χ0v) is 12.9. The van der Waals surface area contributed by atoms with Crippen LogP contribution < -0.4 is 0 Å². The van der Waals surface area contributed by atoms with E-state index in [1.54, 1.807) is 12.1 Å². The van der Waals surface area contributed by atoms with E-state index >= 15 is 0 Å². The third kappa shape index (κ3) is 2.33. The van der Waals surface area contributed by atoms with E-state index in [1.807, 2.05) is 11.5 Å². The van der Waals surface area contributed by atoms with Crippen LogP contribution >= 0.6 is 23.2 Å². The summed E-state index contributed by atoms with van der Waals surface area (Å²) >= 11 is 12.1. The number of fused-ring (bicyclic) bond motifs is 1. The van der Waals surface area contributed by atoms with Crippen LogP contribution in [0.4, 0.5) is 0 Å². The maximum absolute atomic E-state index is 10.3. The van der Waals surface area contributed by atoms with Gasteiger partial charge in [-0.2, -0.15) is 0 Å². The van der Waals surface area contributed by atoms with Crippen molar-refractivity contribution in [1.29, 1.82) is 0 Å². The number of halogens is 2. The first-order valence-electron chi connectivity index (χ1n) is 6.74. The zero-order chi connectivity index (χ0) is 15.3. The second-order valence-electron chi connectivity index (χ2n) is 5.51. The molecule has 0 saturated heterocycles. The molecule has 0 aliphatic heterocycles. The van der Waals surface area contributed by atoms with Crippen molar-refractivity contribution in [2.24, 2.45) is 5.92 Å². The summed E-state index contributed by atoms with van der Waals surface area (Å²) in [4.78, 5) is 4.43. The first-order chi connectivity index (χ1) is 9.93. The van der Waals surface area contributed by atoms with E-state index in [2.05, 4.69) is 4.98 Å². The number of benzene rings is 1. The average molecular weight is 331 g/mol. The summed E-state index contributed by atoms with van der Waals surface area (Å²) in [7, 11) is 0. The van der Waals surface area contributed by atoms with Gasteiger partial charge in [0.1, 0.15) is 11.9 Å². The fourth-order valence-electron chi connectivity index (χ4n) is 3.17. The molecule has 21 heavy (non-hydrogen) atoms. The highest BCUT2D eigenvalue weighted by Gasteiger charge is 2.42. The van der Waals surface area contributed by atoms with Crippen LogP contribution in [0.2, 0.25) is 10.0 Å². The Morgan fingerprint density at radius 2 is 1.90 bits per heavy atom. The summed E-state index contributed by atoms with van der Waals surface area (Å²) in [5, 5.41) is 30.4. The molecule has 0 spiro atoms. The van der Waals surface area contributed by atoms with E-state index in [0.29, 0.717) is 27.8 Å². The molecule has 0 unspecified atom stereocenters. The second-order valence-corrected chi connectivity index (χ2v) is 6.33. The molecular formula is C14H16Cl2N2O3. The molecular weight excluding hydrogens is 315 g/mol. The van der Waals surface area contributed by atoms with E-state index in [0.717, 1.165) is 5.52 Å². The van der Waals surface area contributed by atoms with Gasteiger partial charge in [0.05, 0.1) is 33.2 Å². The van der Waals surface area contributed by atoms with Gasteiger partial charge in [0.15, 0.2) is 0 Å². The van der Waals surface area contributed by atoms with Crippen LogP contribution in [0.3, 0.4) is 0 Å².